The van der Waals surface area contributed by atoms with Crippen LogP contribution in [0.15, 0.2) is 6.33 Å². The smallest absolute Gasteiger partial charge is 0.137 e. The topological polar surface area (TPSA) is 78.3 Å². The van der Waals surface area contributed by atoms with Gasteiger partial charge in [-0.3, -0.25) is 0 Å². The van der Waals surface area contributed by atoms with E-state index in [1.807, 2.05) is 6.92 Å². The summed E-state index contributed by atoms with van der Waals surface area (Å²) in [4.78, 5) is 7.88. The second kappa shape index (κ2) is 5.43. The Labute approximate surface area is 99.5 Å². The molecule has 0 aromatic carbocycles. The summed E-state index contributed by atoms with van der Waals surface area (Å²) in [5.41, 5.74) is -0.0773. The van der Waals surface area contributed by atoms with Crippen LogP contribution in [0.4, 0.5) is 5.82 Å². The molecule has 0 saturated carbocycles. The Bertz CT molecular complexity index is 348. The van der Waals surface area contributed by atoms with Crippen LogP contribution in [0.25, 0.3) is 0 Å². The fourth-order valence-electron chi connectivity index (χ4n) is 1.25. The van der Waals surface area contributed by atoms with Crippen molar-refractivity contribution in [1.29, 1.82) is 0 Å². The van der Waals surface area contributed by atoms with Crippen LogP contribution in [0.1, 0.15) is 18.9 Å². The zero-order valence-corrected chi connectivity index (χ0v) is 10.1. The quantitative estimate of drug-likeness (QED) is 0.674. The summed E-state index contributed by atoms with van der Waals surface area (Å²) in [6.45, 7) is 3.29. The van der Waals surface area contributed by atoms with Gasteiger partial charge < -0.3 is 15.5 Å². The van der Waals surface area contributed by atoms with Crippen LogP contribution in [0.2, 0.25) is 5.15 Å². The number of aliphatic hydroxyl groups excluding tert-OH is 2. The predicted octanol–water partition coefficient (Wildman–Crippen LogP) is 0.984. The lowest BCUT2D eigenvalue weighted by atomic mass is 9.98. The molecule has 1 aromatic heterocycles. The summed E-state index contributed by atoms with van der Waals surface area (Å²) in [6, 6.07) is 0. The lowest BCUT2D eigenvalue weighted by Gasteiger charge is -2.30. The first kappa shape index (κ1) is 13.2. The molecule has 0 aliphatic carbocycles. The maximum absolute atomic E-state index is 9.30. The number of rotatable bonds is 5. The number of anilines is 1. The molecule has 6 heteroatoms. The highest BCUT2D eigenvalue weighted by molar-refractivity contribution is 6.30. The van der Waals surface area contributed by atoms with Gasteiger partial charge in [0.05, 0.1) is 18.8 Å². The first-order valence-corrected chi connectivity index (χ1v) is 5.43. The van der Waals surface area contributed by atoms with Gasteiger partial charge in [-0.15, -0.1) is 0 Å². The Morgan fingerprint density at radius 3 is 2.50 bits per heavy atom. The minimum atomic E-state index is -0.775. The molecular formula is C10H16ClN3O2. The number of nitrogens with one attached hydrogen (secondary N) is 1. The van der Waals surface area contributed by atoms with E-state index in [4.69, 9.17) is 11.6 Å². The number of aliphatic hydroxyl groups is 2. The molecule has 16 heavy (non-hydrogen) atoms. The molecule has 0 unspecified atom stereocenters. The van der Waals surface area contributed by atoms with E-state index in [1.165, 1.54) is 6.33 Å². The molecule has 0 fully saturated rings. The summed E-state index contributed by atoms with van der Waals surface area (Å²) >= 11 is 5.86. The van der Waals surface area contributed by atoms with Crippen LogP contribution in [0.5, 0.6) is 0 Å². The van der Waals surface area contributed by atoms with Crippen molar-refractivity contribution in [2.75, 3.05) is 18.5 Å². The molecule has 0 aliphatic heterocycles. The largest absolute Gasteiger partial charge is 0.394 e. The Kier molecular flexibility index (Phi) is 4.46. The van der Waals surface area contributed by atoms with Crippen molar-refractivity contribution in [2.24, 2.45) is 0 Å². The molecule has 0 aliphatic rings. The summed E-state index contributed by atoms with van der Waals surface area (Å²) in [5.74, 6) is 0.532. The minimum Gasteiger partial charge on any atom is -0.394 e. The van der Waals surface area contributed by atoms with E-state index in [-0.39, 0.29) is 13.2 Å². The van der Waals surface area contributed by atoms with Gasteiger partial charge >= 0.3 is 0 Å². The van der Waals surface area contributed by atoms with Gasteiger partial charge in [0, 0.05) is 5.56 Å². The van der Waals surface area contributed by atoms with Crippen LogP contribution < -0.4 is 5.32 Å². The Morgan fingerprint density at radius 2 is 2.00 bits per heavy atom. The number of halogens is 1. The molecular weight excluding hydrogens is 230 g/mol. The van der Waals surface area contributed by atoms with Gasteiger partial charge in [0.25, 0.3) is 0 Å². The van der Waals surface area contributed by atoms with Gasteiger partial charge in [-0.25, -0.2) is 9.97 Å². The number of hydrogen-bond donors (Lipinski definition) is 3. The van der Waals surface area contributed by atoms with Crippen LogP contribution in [0, 0.1) is 6.92 Å². The van der Waals surface area contributed by atoms with Crippen molar-refractivity contribution in [3.63, 3.8) is 0 Å². The molecule has 1 aromatic rings. The fraction of sp³-hybridized carbons (Fsp3) is 0.600. The second-order valence-electron chi connectivity index (χ2n) is 3.71. The van der Waals surface area contributed by atoms with Crippen molar-refractivity contribution in [3.05, 3.63) is 17.0 Å². The van der Waals surface area contributed by atoms with E-state index >= 15 is 0 Å². The van der Waals surface area contributed by atoms with Crippen LogP contribution in [-0.4, -0.2) is 38.9 Å². The molecule has 5 nitrogen and oxygen atoms in total. The summed E-state index contributed by atoms with van der Waals surface area (Å²) in [6.07, 6.45) is 1.91. The number of nitrogens with zero attached hydrogens (tertiary/aromatic N) is 2. The summed E-state index contributed by atoms with van der Waals surface area (Å²) < 4.78 is 0. The van der Waals surface area contributed by atoms with E-state index < -0.39 is 5.54 Å². The molecule has 1 heterocycles. The third-order valence-electron chi connectivity index (χ3n) is 2.69. The Hall–Kier alpha value is -0.910. The van der Waals surface area contributed by atoms with Crippen molar-refractivity contribution in [3.8, 4) is 0 Å². The van der Waals surface area contributed by atoms with Gasteiger partial charge in [0.1, 0.15) is 17.3 Å². The van der Waals surface area contributed by atoms with Gasteiger partial charge in [0.2, 0.25) is 0 Å². The maximum Gasteiger partial charge on any atom is 0.137 e. The molecule has 0 bridgehead atoms. The highest BCUT2D eigenvalue weighted by atomic mass is 35.5. The molecule has 0 radical (unpaired) electrons. The lowest BCUT2D eigenvalue weighted by molar-refractivity contribution is 0.132. The summed E-state index contributed by atoms with van der Waals surface area (Å²) in [5, 5.41) is 22.0. The molecule has 0 amide bonds. The molecule has 0 saturated heterocycles. The van der Waals surface area contributed by atoms with Crippen LogP contribution >= 0.6 is 11.6 Å². The second-order valence-corrected chi connectivity index (χ2v) is 4.07. The highest BCUT2D eigenvalue weighted by Crippen LogP contribution is 2.22. The normalized spacial score (nSPS) is 11.6. The average molecular weight is 246 g/mol. The van der Waals surface area contributed by atoms with Gasteiger partial charge in [-0.2, -0.15) is 0 Å². The monoisotopic (exact) mass is 245 g/mol. The molecule has 3 N–H and O–H groups in total. The number of aromatic nitrogens is 2. The Morgan fingerprint density at radius 1 is 1.38 bits per heavy atom. The van der Waals surface area contributed by atoms with Crippen molar-refractivity contribution < 1.29 is 10.2 Å². The van der Waals surface area contributed by atoms with Crippen LogP contribution in [0.3, 0.4) is 0 Å². The average Bonchev–Trinajstić information content (AvgIpc) is 2.32. The zero-order valence-electron chi connectivity index (χ0n) is 9.37. The molecule has 1 rings (SSSR count). The van der Waals surface area contributed by atoms with Crippen LogP contribution in [-0.2, 0) is 0 Å². The third-order valence-corrected chi connectivity index (χ3v) is 3.07. The zero-order chi connectivity index (χ0) is 12.2. The van der Waals surface area contributed by atoms with E-state index in [1.54, 1.807) is 6.92 Å². The molecule has 0 atom stereocenters. The SMILES string of the molecule is CCC(CO)(CO)Nc1ncnc(Cl)c1C. The lowest BCUT2D eigenvalue weighted by Crippen LogP contribution is -2.45. The third kappa shape index (κ3) is 2.61. The Balaban J connectivity index is 2.98. The van der Waals surface area contributed by atoms with Crippen molar-refractivity contribution in [1.82, 2.24) is 9.97 Å². The summed E-state index contributed by atoms with van der Waals surface area (Å²) in [7, 11) is 0. The molecule has 0 spiro atoms. The van der Waals surface area contributed by atoms with Gasteiger partial charge in [-0.05, 0) is 13.3 Å². The first-order chi connectivity index (χ1) is 7.58. The van der Waals surface area contributed by atoms with Gasteiger partial charge in [-0.1, -0.05) is 18.5 Å². The van der Waals surface area contributed by atoms with E-state index in [2.05, 4.69) is 15.3 Å². The maximum atomic E-state index is 9.30. The standard InChI is InChI=1S/C10H16ClN3O2/c1-3-10(4-15,5-16)14-9-7(2)8(11)12-6-13-9/h6,15-16H,3-5H2,1-2H3,(H,12,13,14). The first-order valence-electron chi connectivity index (χ1n) is 5.05. The fourth-order valence-corrected chi connectivity index (χ4v) is 1.38. The number of hydrogen-bond acceptors (Lipinski definition) is 5. The van der Waals surface area contributed by atoms with E-state index in [0.29, 0.717) is 23.0 Å². The van der Waals surface area contributed by atoms with Crippen molar-refractivity contribution in [2.45, 2.75) is 25.8 Å². The van der Waals surface area contributed by atoms with E-state index in [0.717, 1.165) is 0 Å². The molecule has 90 valence electrons. The minimum absolute atomic E-state index is 0.180. The highest BCUT2D eigenvalue weighted by Gasteiger charge is 2.27. The van der Waals surface area contributed by atoms with Gasteiger partial charge in [0.15, 0.2) is 0 Å². The van der Waals surface area contributed by atoms with Crippen molar-refractivity contribution >= 4 is 17.4 Å². The predicted molar refractivity (Wildman–Crippen MR) is 62.6 cm³/mol. The van der Waals surface area contributed by atoms with E-state index in [9.17, 15) is 10.2 Å².